The number of hydrogen-bond donors (Lipinski definition) is 0. The van der Waals surface area contributed by atoms with Crippen LogP contribution in [-0.4, -0.2) is 22.4 Å². The van der Waals surface area contributed by atoms with Gasteiger partial charge < -0.3 is 4.74 Å². The molecule has 1 fully saturated rings. The first-order valence-corrected chi connectivity index (χ1v) is 6.88. The van der Waals surface area contributed by atoms with Crippen LogP contribution in [0.5, 0.6) is 0 Å². The third-order valence-corrected chi connectivity index (χ3v) is 3.73. The van der Waals surface area contributed by atoms with Crippen molar-refractivity contribution >= 4 is 5.97 Å². The van der Waals surface area contributed by atoms with Crippen molar-refractivity contribution in [2.75, 3.05) is 6.61 Å². The maximum atomic E-state index is 11.9. The highest BCUT2D eigenvalue weighted by atomic mass is 16.5. The summed E-state index contributed by atoms with van der Waals surface area (Å²) in [5.74, 6) is -0.241. The molecule has 1 heterocycles. The maximum absolute atomic E-state index is 11.9. The summed E-state index contributed by atoms with van der Waals surface area (Å²) in [4.78, 5) is 11.9. The van der Waals surface area contributed by atoms with Crippen LogP contribution in [0, 0.1) is 13.8 Å². The van der Waals surface area contributed by atoms with E-state index >= 15 is 0 Å². The zero-order valence-electron chi connectivity index (χ0n) is 11.5. The van der Waals surface area contributed by atoms with Gasteiger partial charge in [-0.25, -0.2) is 4.79 Å². The van der Waals surface area contributed by atoms with Crippen molar-refractivity contribution in [2.45, 2.75) is 58.9 Å². The van der Waals surface area contributed by atoms with Crippen molar-refractivity contribution in [2.24, 2.45) is 0 Å². The Morgan fingerprint density at radius 3 is 2.61 bits per heavy atom. The lowest BCUT2D eigenvalue weighted by Crippen LogP contribution is -2.16. The molecule has 100 valence electrons. The van der Waals surface area contributed by atoms with Crippen LogP contribution in [-0.2, 0) is 4.74 Å². The Morgan fingerprint density at radius 1 is 1.33 bits per heavy atom. The van der Waals surface area contributed by atoms with Crippen LogP contribution in [0.25, 0.3) is 0 Å². The van der Waals surface area contributed by atoms with Gasteiger partial charge >= 0.3 is 5.97 Å². The zero-order valence-corrected chi connectivity index (χ0v) is 11.5. The third-order valence-electron chi connectivity index (χ3n) is 3.73. The normalized spacial score (nSPS) is 16.8. The van der Waals surface area contributed by atoms with Crippen LogP contribution < -0.4 is 0 Å². The van der Waals surface area contributed by atoms with E-state index in [4.69, 9.17) is 4.74 Å². The highest BCUT2D eigenvalue weighted by Gasteiger charge is 2.24. The van der Waals surface area contributed by atoms with E-state index in [1.807, 2.05) is 25.5 Å². The van der Waals surface area contributed by atoms with Gasteiger partial charge in [-0.2, -0.15) is 5.10 Å². The zero-order chi connectivity index (χ0) is 13.1. The molecule has 0 aromatic carbocycles. The van der Waals surface area contributed by atoms with Gasteiger partial charge in [0.25, 0.3) is 0 Å². The van der Waals surface area contributed by atoms with E-state index in [1.165, 1.54) is 32.1 Å². The average molecular weight is 250 g/mol. The van der Waals surface area contributed by atoms with Crippen molar-refractivity contribution < 1.29 is 9.53 Å². The van der Waals surface area contributed by atoms with Crippen LogP contribution >= 0.6 is 0 Å². The van der Waals surface area contributed by atoms with Crippen LogP contribution in [0.3, 0.4) is 0 Å². The van der Waals surface area contributed by atoms with Gasteiger partial charge in [-0.05, 0) is 33.6 Å². The van der Waals surface area contributed by atoms with Crippen LogP contribution in [0.4, 0.5) is 0 Å². The summed E-state index contributed by atoms with van der Waals surface area (Å²) in [6.07, 6.45) is 6.19. The van der Waals surface area contributed by atoms with E-state index in [9.17, 15) is 4.79 Å². The number of aryl methyl sites for hydroxylation is 1. The second-order valence-electron chi connectivity index (χ2n) is 5.00. The molecule has 4 nitrogen and oxygen atoms in total. The van der Waals surface area contributed by atoms with Crippen molar-refractivity contribution in [3.8, 4) is 0 Å². The number of rotatable bonds is 3. The van der Waals surface area contributed by atoms with Gasteiger partial charge in [-0.1, -0.05) is 19.3 Å². The molecule has 0 spiro atoms. The molecule has 1 saturated carbocycles. The number of aromatic nitrogens is 2. The lowest BCUT2D eigenvalue weighted by molar-refractivity contribution is 0.0524. The molecule has 0 bridgehead atoms. The Bertz CT molecular complexity index is 431. The molecule has 0 N–H and O–H groups in total. The first-order valence-electron chi connectivity index (χ1n) is 6.88. The maximum Gasteiger partial charge on any atom is 0.341 e. The van der Waals surface area contributed by atoms with Crippen LogP contribution in [0.1, 0.15) is 66.8 Å². The van der Waals surface area contributed by atoms with Gasteiger partial charge in [0.2, 0.25) is 0 Å². The first-order chi connectivity index (χ1) is 8.65. The molecule has 2 rings (SSSR count). The van der Waals surface area contributed by atoms with Gasteiger partial charge in [-0.15, -0.1) is 0 Å². The minimum absolute atomic E-state index is 0.241. The van der Waals surface area contributed by atoms with E-state index in [-0.39, 0.29) is 5.97 Å². The van der Waals surface area contributed by atoms with Gasteiger partial charge in [0.1, 0.15) is 5.56 Å². The lowest BCUT2D eigenvalue weighted by atomic mass is 9.95. The molecule has 18 heavy (non-hydrogen) atoms. The predicted molar refractivity (Wildman–Crippen MR) is 69.8 cm³/mol. The SMILES string of the molecule is CCOC(=O)c1c(C)nn(C2CCCCC2)c1C. The summed E-state index contributed by atoms with van der Waals surface area (Å²) in [5, 5.41) is 4.55. The molecule has 0 unspecified atom stereocenters. The molecule has 1 aliphatic carbocycles. The van der Waals surface area contributed by atoms with E-state index in [1.54, 1.807) is 0 Å². The molecule has 1 aromatic rings. The van der Waals surface area contributed by atoms with Crippen molar-refractivity contribution in [1.82, 2.24) is 9.78 Å². The Morgan fingerprint density at radius 2 is 2.00 bits per heavy atom. The monoisotopic (exact) mass is 250 g/mol. The fraction of sp³-hybridized carbons (Fsp3) is 0.714. The summed E-state index contributed by atoms with van der Waals surface area (Å²) < 4.78 is 7.14. The number of ether oxygens (including phenoxy) is 1. The second kappa shape index (κ2) is 5.55. The molecule has 1 aliphatic rings. The third kappa shape index (κ3) is 2.42. The summed E-state index contributed by atoms with van der Waals surface area (Å²) in [6, 6.07) is 0.459. The number of nitrogens with zero attached hydrogens (tertiary/aromatic N) is 2. The van der Waals surface area contributed by atoms with Crippen LogP contribution in [0.15, 0.2) is 0 Å². The van der Waals surface area contributed by atoms with Crippen molar-refractivity contribution in [3.05, 3.63) is 17.0 Å². The van der Waals surface area contributed by atoms with Gasteiger partial charge in [0, 0.05) is 0 Å². The van der Waals surface area contributed by atoms with Crippen LogP contribution in [0.2, 0.25) is 0 Å². The number of carbonyl (C=O) groups is 1. The first kappa shape index (κ1) is 13.1. The largest absolute Gasteiger partial charge is 0.462 e. The number of esters is 1. The summed E-state index contributed by atoms with van der Waals surface area (Å²) in [6.45, 7) is 6.10. The fourth-order valence-corrected chi connectivity index (χ4v) is 2.84. The molecule has 1 aromatic heterocycles. The standard InChI is InChI=1S/C14H22N2O2/c1-4-18-14(17)13-10(2)15-16(11(13)3)12-8-6-5-7-9-12/h12H,4-9H2,1-3H3. The number of carbonyl (C=O) groups excluding carboxylic acids is 1. The van der Waals surface area contributed by atoms with E-state index in [0.29, 0.717) is 18.2 Å². The Labute approximate surface area is 108 Å². The number of hydrogen-bond acceptors (Lipinski definition) is 3. The molecular weight excluding hydrogens is 228 g/mol. The molecule has 0 aliphatic heterocycles. The van der Waals surface area contributed by atoms with E-state index in [2.05, 4.69) is 5.10 Å². The molecular formula is C14H22N2O2. The summed E-state index contributed by atoms with van der Waals surface area (Å²) >= 11 is 0. The van der Waals surface area contributed by atoms with Crippen molar-refractivity contribution in [1.29, 1.82) is 0 Å². The minimum Gasteiger partial charge on any atom is -0.462 e. The molecule has 0 amide bonds. The van der Waals surface area contributed by atoms with Gasteiger partial charge in [-0.3, -0.25) is 4.68 Å². The molecule has 0 atom stereocenters. The Hall–Kier alpha value is -1.32. The predicted octanol–water partition coefficient (Wildman–Crippen LogP) is 3.18. The highest BCUT2D eigenvalue weighted by Crippen LogP contribution is 2.30. The van der Waals surface area contributed by atoms with E-state index < -0.39 is 0 Å². The fourth-order valence-electron chi connectivity index (χ4n) is 2.84. The van der Waals surface area contributed by atoms with Gasteiger partial charge in [0.15, 0.2) is 0 Å². The summed E-state index contributed by atoms with van der Waals surface area (Å²) in [5.41, 5.74) is 2.40. The Balaban J connectivity index is 2.27. The quantitative estimate of drug-likeness (QED) is 0.774. The highest BCUT2D eigenvalue weighted by molar-refractivity contribution is 5.91. The lowest BCUT2D eigenvalue weighted by Gasteiger charge is -2.23. The smallest absolute Gasteiger partial charge is 0.341 e. The van der Waals surface area contributed by atoms with Crippen molar-refractivity contribution in [3.63, 3.8) is 0 Å². The summed E-state index contributed by atoms with van der Waals surface area (Å²) in [7, 11) is 0. The molecule has 4 heteroatoms. The second-order valence-corrected chi connectivity index (χ2v) is 5.00. The Kier molecular flexibility index (Phi) is 4.04. The minimum atomic E-state index is -0.241. The molecule has 0 radical (unpaired) electrons. The van der Waals surface area contributed by atoms with E-state index in [0.717, 1.165) is 11.4 Å². The average Bonchev–Trinajstić information content (AvgIpc) is 2.66. The topological polar surface area (TPSA) is 44.1 Å². The molecule has 0 saturated heterocycles. The van der Waals surface area contributed by atoms with Gasteiger partial charge in [0.05, 0.1) is 24.0 Å².